The Morgan fingerprint density at radius 2 is 0.963 bits per heavy atom. The molecule has 0 fully saturated rings. The highest BCUT2D eigenvalue weighted by Gasteiger charge is 2.32. The lowest BCUT2D eigenvalue weighted by molar-refractivity contribution is -0.152. The smallest absolute Gasteiger partial charge is 0.306 e. The average molecular weight is 762 g/mol. The molecule has 54 heavy (non-hydrogen) atoms. The lowest BCUT2D eigenvalue weighted by Crippen LogP contribution is -2.34. The SMILES string of the molecule is CCCCCC/C=C\COC(=O)CCCCCCCC(CCCCCCCC(=O)OC/C=C\CCCCCC)OC(=O)CC(C)(C)CC(C)(C)CN(C)C. The highest BCUT2D eigenvalue weighted by atomic mass is 16.5. The first-order valence-electron chi connectivity index (χ1n) is 22.3. The number of hydrogen-bond acceptors (Lipinski definition) is 7. The fourth-order valence-corrected chi connectivity index (χ4v) is 7.67. The maximum Gasteiger partial charge on any atom is 0.306 e. The zero-order valence-electron chi connectivity index (χ0n) is 36.8. The summed E-state index contributed by atoms with van der Waals surface area (Å²) in [7, 11) is 4.20. The molecule has 0 spiro atoms. The van der Waals surface area contributed by atoms with E-state index in [1.807, 2.05) is 12.2 Å². The Hall–Kier alpha value is -2.15. The van der Waals surface area contributed by atoms with Crippen LogP contribution in [0.15, 0.2) is 24.3 Å². The van der Waals surface area contributed by atoms with Crippen LogP contribution in [0.2, 0.25) is 0 Å². The van der Waals surface area contributed by atoms with E-state index >= 15 is 0 Å². The monoisotopic (exact) mass is 762 g/mol. The highest BCUT2D eigenvalue weighted by Crippen LogP contribution is 2.37. The number of carbonyl (C=O) groups excluding carboxylic acids is 3. The summed E-state index contributed by atoms with van der Waals surface area (Å²) in [5, 5.41) is 0. The number of rotatable bonds is 37. The van der Waals surface area contributed by atoms with Gasteiger partial charge in [-0.2, -0.15) is 0 Å². The van der Waals surface area contributed by atoms with E-state index < -0.39 is 0 Å². The van der Waals surface area contributed by atoms with E-state index in [2.05, 4.69) is 72.7 Å². The van der Waals surface area contributed by atoms with Crippen LogP contribution in [0.5, 0.6) is 0 Å². The number of unbranched alkanes of at least 4 members (excludes halogenated alkanes) is 16. The van der Waals surface area contributed by atoms with Crippen LogP contribution in [0.1, 0.15) is 208 Å². The zero-order chi connectivity index (χ0) is 40.3. The molecule has 0 rings (SSSR count). The van der Waals surface area contributed by atoms with Gasteiger partial charge in [0, 0.05) is 19.4 Å². The quantitative estimate of drug-likeness (QED) is 0.0270. The molecule has 0 aliphatic carbocycles. The van der Waals surface area contributed by atoms with Gasteiger partial charge >= 0.3 is 17.9 Å². The third kappa shape index (κ3) is 35.5. The normalized spacial score (nSPS) is 12.4. The van der Waals surface area contributed by atoms with Crippen LogP contribution >= 0.6 is 0 Å². The molecule has 0 aromatic heterocycles. The van der Waals surface area contributed by atoms with Crippen LogP contribution in [0.25, 0.3) is 0 Å². The molecule has 0 aliphatic rings. The molecular weight excluding hydrogens is 675 g/mol. The molecule has 0 radical (unpaired) electrons. The number of allylic oxidation sites excluding steroid dienone is 2. The van der Waals surface area contributed by atoms with Crippen molar-refractivity contribution in [3.63, 3.8) is 0 Å². The minimum atomic E-state index is -0.140. The van der Waals surface area contributed by atoms with Gasteiger partial charge in [-0.25, -0.2) is 0 Å². The maximum absolute atomic E-state index is 13.3. The number of nitrogens with zero attached hydrogens (tertiary/aromatic N) is 1. The lowest BCUT2D eigenvalue weighted by Gasteiger charge is -2.36. The molecule has 0 saturated carbocycles. The lowest BCUT2D eigenvalue weighted by atomic mass is 9.73. The molecular formula is C47H87NO6. The Kier molecular flexibility index (Phi) is 32.8. The van der Waals surface area contributed by atoms with E-state index in [4.69, 9.17) is 14.2 Å². The van der Waals surface area contributed by atoms with E-state index in [-0.39, 0.29) is 34.8 Å². The van der Waals surface area contributed by atoms with Gasteiger partial charge in [0.25, 0.3) is 0 Å². The Bertz CT molecular complexity index is 933. The molecule has 0 atom stereocenters. The van der Waals surface area contributed by atoms with Gasteiger partial charge in [0.05, 0.1) is 6.42 Å². The Labute approximate surface area is 334 Å². The van der Waals surface area contributed by atoms with Gasteiger partial charge in [0.1, 0.15) is 19.3 Å². The Balaban J connectivity index is 4.57. The standard InChI is InChI=1S/C47H87NO6/c1-9-11-13-15-17-25-31-37-52-43(49)35-29-23-19-21-27-33-42(54-45(51)39-46(3,4)40-47(5,6)41-48(7)8)34-28-22-20-24-30-36-44(50)53-38-32-26-18-16-14-12-10-2/h25-26,31-32,42H,9-24,27-30,33-41H2,1-8H3/b31-25-,32-26-. The fraction of sp³-hybridized carbons (Fsp3) is 0.851. The number of esters is 3. The van der Waals surface area contributed by atoms with Crippen molar-refractivity contribution < 1.29 is 28.6 Å². The van der Waals surface area contributed by atoms with E-state index in [0.29, 0.717) is 32.5 Å². The number of hydrogen-bond donors (Lipinski definition) is 0. The van der Waals surface area contributed by atoms with Crippen LogP contribution in [-0.4, -0.2) is 62.8 Å². The Morgan fingerprint density at radius 3 is 1.41 bits per heavy atom. The van der Waals surface area contributed by atoms with E-state index in [0.717, 1.165) is 103 Å². The van der Waals surface area contributed by atoms with E-state index in [1.54, 1.807) is 0 Å². The van der Waals surface area contributed by atoms with Gasteiger partial charge in [-0.15, -0.1) is 0 Å². The van der Waals surface area contributed by atoms with Crippen LogP contribution in [-0.2, 0) is 28.6 Å². The van der Waals surface area contributed by atoms with Gasteiger partial charge < -0.3 is 19.1 Å². The predicted octanol–water partition coefficient (Wildman–Crippen LogP) is 12.9. The van der Waals surface area contributed by atoms with Crippen LogP contribution in [0.3, 0.4) is 0 Å². The molecule has 0 saturated heterocycles. The number of ether oxygens (including phenoxy) is 3. The summed E-state index contributed by atoms with van der Waals surface area (Å²) in [6, 6.07) is 0. The fourth-order valence-electron chi connectivity index (χ4n) is 7.67. The van der Waals surface area contributed by atoms with Crippen molar-refractivity contribution in [2.45, 2.75) is 215 Å². The van der Waals surface area contributed by atoms with Gasteiger partial charge in [-0.3, -0.25) is 14.4 Å². The first kappa shape index (κ1) is 51.9. The van der Waals surface area contributed by atoms with Crippen molar-refractivity contribution in [3.05, 3.63) is 24.3 Å². The summed E-state index contributed by atoms with van der Waals surface area (Å²) in [6.07, 6.45) is 34.3. The van der Waals surface area contributed by atoms with Crippen molar-refractivity contribution in [3.8, 4) is 0 Å². The van der Waals surface area contributed by atoms with Gasteiger partial charge in [-0.1, -0.05) is 143 Å². The topological polar surface area (TPSA) is 82.1 Å². The third-order valence-electron chi connectivity index (χ3n) is 9.90. The summed E-state index contributed by atoms with van der Waals surface area (Å²) in [5.41, 5.74) is -0.0339. The van der Waals surface area contributed by atoms with Crippen molar-refractivity contribution in [2.75, 3.05) is 33.9 Å². The Morgan fingerprint density at radius 1 is 0.537 bits per heavy atom. The molecule has 316 valence electrons. The van der Waals surface area contributed by atoms with Crippen molar-refractivity contribution in [2.24, 2.45) is 10.8 Å². The predicted molar refractivity (Wildman–Crippen MR) is 228 cm³/mol. The van der Waals surface area contributed by atoms with Crippen LogP contribution in [0.4, 0.5) is 0 Å². The molecule has 0 aromatic rings. The number of carbonyl (C=O) groups is 3. The van der Waals surface area contributed by atoms with Gasteiger partial charge in [-0.05, 0) is 95.6 Å². The average Bonchev–Trinajstić information content (AvgIpc) is 3.08. The van der Waals surface area contributed by atoms with Crippen LogP contribution < -0.4 is 0 Å². The third-order valence-corrected chi connectivity index (χ3v) is 9.90. The molecule has 0 amide bonds. The summed E-state index contributed by atoms with van der Waals surface area (Å²) < 4.78 is 16.9. The van der Waals surface area contributed by atoms with Gasteiger partial charge in [0.15, 0.2) is 0 Å². The van der Waals surface area contributed by atoms with Crippen molar-refractivity contribution >= 4 is 17.9 Å². The van der Waals surface area contributed by atoms with E-state index in [9.17, 15) is 14.4 Å². The summed E-state index contributed by atoms with van der Waals surface area (Å²) in [4.78, 5) is 39.7. The minimum absolute atomic E-state index is 0.0626. The second kappa shape index (κ2) is 34.1. The van der Waals surface area contributed by atoms with Gasteiger partial charge in [0.2, 0.25) is 0 Å². The summed E-state index contributed by atoms with van der Waals surface area (Å²) in [5.74, 6) is -0.302. The second-order valence-corrected chi connectivity index (χ2v) is 17.7. The minimum Gasteiger partial charge on any atom is -0.462 e. The largest absolute Gasteiger partial charge is 0.462 e. The molecule has 0 heterocycles. The van der Waals surface area contributed by atoms with Crippen molar-refractivity contribution in [1.82, 2.24) is 4.90 Å². The molecule has 0 unspecified atom stereocenters. The maximum atomic E-state index is 13.3. The molecule has 0 aromatic carbocycles. The molecule has 7 heteroatoms. The van der Waals surface area contributed by atoms with Crippen molar-refractivity contribution in [1.29, 1.82) is 0 Å². The van der Waals surface area contributed by atoms with Crippen LogP contribution in [0, 0.1) is 10.8 Å². The molecule has 0 N–H and O–H groups in total. The van der Waals surface area contributed by atoms with E-state index in [1.165, 1.54) is 51.4 Å². The zero-order valence-corrected chi connectivity index (χ0v) is 36.8. The second-order valence-electron chi connectivity index (χ2n) is 17.7. The molecule has 7 nitrogen and oxygen atoms in total. The molecule has 0 bridgehead atoms. The highest BCUT2D eigenvalue weighted by molar-refractivity contribution is 5.70. The summed E-state index contributed by atoms with van der Waals surface area (Å²) in [6.45, 7) is 15.1. The molecule has 0 aliphatic heterocycles. The first-order chi connectivity index (χ1) is 25.8. The summed E-state index contributed by atoms with van der Waals surface area (Å²) >= 11 is 0. The first-order valence-corrected chi connectivity index (χ1v) is 22.3.